The maximum Gasteiger partial charge on any atom is 0.306 e. The first kappa shape index (κ1) is 25.3. The zero-order valence-electron chi connectivity index (χ0n) is 21.0. The molecule has 3 aromatic rings. The standard InChI is InChI=1S/C28H31N3O5/c1-17(25(33)18-9-11-19(12-10-18)29-27(35)28(2,3)4)36-24(32)16-15-23-30-22-8-6-5-7-21(22)26(34)31(23)20-13-14-20/h5-12,17,20H,13-16H2,1-4H3,(H,29,35). The number of fused-ring (bicyclic) bond motifs is 1. The van der Waals surface area contributed by atoms with Crippen molar-refractivity contribution in [1.82, 2.24) is 9.55 Å². The van der Waals surface area contributed by atoms with Crippen LogP contribution in [0.1, 0.15) is 69.2 Å². The number of hydrogen-bond donors (Lipinski definition) is 1. The number of aryl methyl sites for hydroxylation is 1. The molecule has 1 saturated carbocycles. The van der Waals surface area contributed by atoms with Crippen LogP contribution in [0.4, 0.5) is 5.69 Å². The predicted molar refractivity (Wildman–Crippen MR) is 137 cm³/mol. The third-order valence-corrected chi connectivity index (χ3v) is 6.13. The summed E-state index contributed by atoms with van der Waals surface area (Å²) in [6, 6.07) is 13.8. The van der Waals surface area contributed by atoms with Crippen LogP contribution >= 0.6 is 0 Å². The van der Waals surface area contributed by atoms with E-state index < -0.39 is 17.5 Å². The van der Waals surface area contributed by atoms with Gasteiger partial charge in [-0.15, -0.1) is 0 Å². The maximum atomic E-state index is 13.0. The molecule has 8 heteroatoms. The Labute approximate surface area is 209 Å². The van der Waals surface area contributed by atoms with Gasteiger partial charge in [0.2, 0.25) is 11.7 Å². The highest BCUT2D eigenvalue weighted by molar-refractivity contribution is 6.01. The molecule has 0 bridgehead atoms. The lowest BCUT2D eigenvalue weighted by molar-refractivity contribution is -0.146. The molecule has 188 valence electrons. The third kappa shape index (κ3) is 5.70. The molecule has 0 aliphatic heterocycles. The summed E-state index contributed by atoms with van der Waals surface area (Å²) >= 11 is 0. The monoisotopic (exact) mass is 489 g/mol. The molecule has 1 aromatic heterocycles. The number of ketones is 1. The number of hydrogen-bond acceptors (Lipinski definition) is 6. The van der Waals surface area contributed by atoms with E-state index in [9.17, 15) is 19.2 Å². The second-order valence-electron chi connectivity index (χ2n) is 10.2. The minimum atomic E-state index is -0.970. The Morgan fingerprint density at radius 2 is 1.75 bits per heavy atom. The summed E-state index contributed by atoms with van der Waals surface area (Å²) in [5, 5.41) is 3.38. The van der Waals surface area contributed by atoms with Crippen molar-refractivity contribution in [2.45, 2.75) is 65.5 Å². The van der Waals surface area contributed by atoms with E-state index in [1.54, 1.807) is 41.0 Å². The molecule has 1 heterocycles. The minimum Gasteiger partial charge on any atom is -0.454 e. The molecule has 1 aliphatic rings. The molecular weight excluding hydrogens is 458 g/mol. The van der Waals surface area contributed by atoms with Crippen LogP contribution in [0.5, 0.6) is 0 Å². The van der Waals surface area contributed by atoms with E-state index in [2.05, 4.69) is 10.3 Å². The van der Waals surface area contributed by atoms with Crippen molar-refractivity contribution >= 4 is 34.3 Å². The molecule has 0 radical (unpaired) electrons. The van der Waals surface area contributed by atoms with Crippen molar-refractivity contribution in [2.24, 2.45) is 5.41 Å². The SMILES string of the molecule is CC(OC(=O)CCc1nc2ccccc2c(=O)n1C1CC1)C(=O)c1ccc(NC(=O)C(C)(C)C)cc1. The van der Waals surface area contributed by atoms with Crippen molar-refractivity contribution < 1.29 is 19.1 Å². The molecule has 1 unspecified atom stereocenters. The van der Waals surface area contributed by atoms with E-state index in [0.29, 0.717) is 28.0 Å². The molecule has 0 spiro atoms. The fourth-order valence-corrected chi connectivity index (χ4v) is 3.87. The van der Waals surface area contributed by atoms with Crippen LogP contribution in [-0.2, 0) is 20.7 Å². The highest BCUT2D eigenvalue weighted by atomic mass is 16.5. The number of aromatic nitrogens is 2. The number of carbonyl (C=O) groups excluding carboxylic acids is 3. The summed E-state index contributed by atoms with van der Waals surface area (Å²) < 4.78 is 7.09. The summed E-state index contributed by atoms with van der Waals surface area (Å²) in [5.41, 5.74) is 0.946. The van der Waals surface area contributed by atoms with Gasteiger partial charge in [-0.3, -0.25) is 23.7 Å². The van der Waals surface area contributed by atoms with E-state index in [4.69, 9.17) is 4.74 Å². The summed E-state index contributed by atoms with van der Waals surface area (Å²) in [6.45, 7) is 6.98. The number of esters is 1. The van der Waals surface area contributed by atoms with E-state index in [0.717, 1.165) is 12.8 Å². The second kappa shape index (κ2) is 10.0. The highest BCUT2D eigenvalue weighted by Gasteiger charge is 2.29. The minimum absolute atomic E-state index is 0.00684. The average Bonchev–Trinajstić information content (AvgIpc) is 3.67. The number of amides is 1. The lowest BCUT2D eigenvalue weighted by Crippen LogP contribution is -2.28. The number of Topliss-reactive ketones (excluding diaryl/α,β-unsaturated/α-hetero) is 1. The Morgan fingerprint density at radius 1 is 1.08 bits per heavy atom. The van der Waals surface area contributed by atoms with Gasteiger partial charge in [0, 0.05) is 29.1 Å². The number of rotatable bonds is 8. The molecule has 1 N–H and O–H groups in total. The second-order valence-corrected chi connectivity index (χ2v) is 10.2. The number of benzene rings is 2. The first-order valence-electron chi connectivity index (χ1n) is 12.2. The molecule has 1 amide bonds. The van der Waals surface area contributed by atoms with Gasteiger partial charge in [0.05, 0.1) is 17.3 Å². The van der Waals surface area contributed by atoms with Gasteiger partial charge in [0.25, 0.3) is 5.56 Å². The van der Waals surface area contributed by atoms with Crippen molar-refractivity contribution in [3.8, 4) is 0 Å². The van der Waals surface area contributed by atoms with Crippen LogP contribution in [0.3, 0.4) is 0 Å². The van der Waals surface area contributed by atoms with Crippen molar-refractivity contribution in [1.29, 1.82) is 0 Å². The predicted octanol–water partition coefficient (Wildman–Crippen LogP) is 4.46. The highest BCUT2D eigenvalue weighted by Crippen LogP contribution is 2.35. The number of anilines is 1. The van der Waals surface area contributed by atoms with Gasteiger partial charge in [-0.25, -0.2) is 4.98 Å². The van der Waals surface area contributed by atoms with Gasteiger partial charge in [-0.05, 0) is 56.2 Å². The Morgan fingerprint density at radius 3 is 2.39 bits per heavy atom. The first-order chi connectivity index (χ1) is 17.0. The van der Waals surface area contributed by atoms with Crippen LogP contribution in [0, 0.1) is 5.41 Å². The Hall–Kier alpha value is -3.81. The van der Waals surface area contributed by atoms with Crippen molar-refractivity contribution in [3.05, 3.63) is 70.3 Å². The average molecular weight is 490 g/mol. The van der Waals surface area contributed by atoms with E-state index in [-0.39, 0.29) is 36.1 Å². The molecule has 4 rings (SSSR count). The quantitative estimate of drug-likeness (QED) is 0.370. The maximum absolute atomic E-state index is 13.0. The Kier molecular flexibility index (Phi) is 7.06. The largest absolute Gasteiger partial charge is 0.454 e. The number of para-hydroxylation sites is 1. The third-order valence-electron chi connectivity index (χ3n) is 6.13. The molecule has 0 saturated heterocycles. The number of carbonyl (C=O) groups is 3. The van der Waals surface area contributed by atoms with Crippen molar-refractivity contribution in [2.75, 3.05) is 5.32 Å². The number of nitrogens with zero attached hydrogens (tertiary/aromatic N) is 2. The fourth-order valence-electron chi connectivity index (χ4n) is 3.87. The van der Waals surface area contributed by atoms with Gasteiger partial charge < -0.3 is 10.1 Å². The van der Waals surface area contributed by atoms with Gasteiger partial charge in [-0.1, -0.05) is 32.9 Å². The van der Waals surface area contributed by atoms with Crippen LogP contribution in [0.2, 0.25) is 0 Å². The van der Waals surface area contributed by atoms with Crippen LogP contribution < -0.4 is 10.9 Å². The summed E-state index contributed by atoms with van der Waals surface area (Å²) in [6.07, 6.45) is 1.12. The first-order valence-corrected chi connectivity index (χ1v) is 12.2. The molecule has 8 nitrogen and oxygen atoms in total. The zero-order valence-corrected chi connectivity index (χ0v) is 21.0. The molecule has 36 heavy (non-hydrogen) atoms. The summed E-state index contributed by atoms with van der Waals surface area (Å²) in [5.74, 6) is -0.438. The van der Waals surface area contributed by atoms with Crippen molar-refractivity contribution in [3.63, 3.8) is 0 Å². The molecule has 1 aliphatic carbocycles. The zero-order chi connectivity index (χ0) is 26.0. The molecular formula is C28H31N3O5. The van der Waals surface area contributed by atoms with E-state index in [1.807, 2.05) is 32.9 Å². The lowest BCUT2D eigenvalue weighted by atomic mass is 9.95. The topological polar surface area (TPSA) is 107 Å². The van der Waals surface area contributed by atoms with E-state index >= 15 is 0 Å². The fraction of sp³-hybridized carbons (Fsp3) is 0.393. The molecule has 1 atom stereocenters. The van der Waals surface area contributed by atoms with Crippen LogP contribution in [0.15, 0.2) is 53.3 Å². The van der Waals surface area contributed by atoms with Gasteiger partial charge in [0.1, 0.15) is 5.82 Å². The van der Waals surface area contributed by atoms with Gasteiger partial charge >= 0.3 is 5.97 Å². The van der Waals surface area contributed by atoms with E-state index in [1.165, 1.54) is 6.92 Å². The Bertz CT molecular complexity index is 1360. The van der Waals surface area contributed by atoms with Crippen LogP contribution in [0.25, 0.3) is 10.9 Å². The Balaban J connectivity index is 1.37. The summed E-state index contributed by atoms with van der Waals surface area (Å²) in [4.78, 5) is 55.0. The molecule has 2 aromatic carbocycles. The number of ether oxygens (including phenoxy) is 1. The smallest absolute Gasteiger partial charge is 0.306 e. The normalized spacial score (nSPS) is 14.3. The van der Waals surface area contributed by atoms with Crippen LogP contribution in [-0.4, -0.2) is 33.3 Å². The number of nitrogens with one attached hydrogen (secondary N) is 1. The van der Waals surface area contributed by atoms with Gasteiger partial charge in [-0.2, -0.15) is 0 Å². The molecule has 1 fully saturated rings. The van der Waals surface area contributed by atoms with Gasteiger partial charge in [0.15, 0.2) is 6.10 Å². The lowest BCUT2D eigenvalue weighted by Gasteiger charge is -2.18. The summed E-state index contributed by atoms with van der Waals surface area (Å²) in [7, 11) is 0.